The molecule has 29 heavy (non-hydrogen) atoms. The van der Waals surface area contributed by atoms with E-state index in [0.717, 1.165) is 16.5 Å². The van der Waals surface area contributed by atoms with Crippen molar-refractivity contribution in [2.75, 3.05) is 11.4 Å². The smallest absolute Gasteiger partial charge is 0.339 e. The molecule has 144 valence electrons. The lowest BCUT2D eigenvalue weighted by atomic mass is 10.1. The van der Waals surface area contributed by atoms with E-state index in [1.807, 2.05) is 37.3 Å². The maximum absolute atomic E-state index is 13.1. The molecular formula is C23H17NO4S. The Hall–Kier alpha value is -3.38. The minimum absolute atomic E-state index is 0.0528. The first-order valence-corrected chi connectivity index (χ1v) is 10.7. The number of anilines is 1. The van der Waals surface area contributed by atoms with Gasteiger partial charge in [0, 0.05) is 22.9 Å². The van der Waals surface area contributed by atoms with Crippen LogP contribution in [0, 0.1) is 0 Å². The van der Waals surface area contributed by atoms with Crippen LogP contribution in [0.3, 0.4) is 0 Å². The van der Waals surface area contributed by atoms with E-state index < -0.39 is 10.1 Å². The SMILES string of the molecule is CCN1C(=O)c2cccc3c(S(=O)(=O)Oc4ccc5ccccc5c4)ccc1c23. The van der Waals surface area contributed by atoms with Crippen LogP contribution in [0.2, 0.25) is 0 Å². The summed E-state index contributed by atoms with van der Waals surface area (Å²) in [4.78, 5) is 14.3. The molecule has 4 aromatic carbocycles. The van der Waals surface area contributed by atoms with Gasteiger partial charge in [-0.2, -0.15) is 8.42 Å². The molecule has 6 heteroatoms. The zero-order chi connectivity index (χ0) is 20.2. The normalized spacial score (nSPS) is 13.4. The van der Waals surface area contributed by atoms with Crippen LogP contribution in [-0.2, 0) is 10.1 Å². The van der Waals surface area contributed by atoms with Crippen LogP contribution >= 0.6 is 0 Å². The molecule has 0 fully saturated rings. The van der Waals surface area contributed by atoms with E-state index >= 15 is 0 Å². The lowest BCUT2D eigenvalue weighted by Gasteiger charge is -2.15. The molecule has 5 rings (SSSR count). The summed E-state index contributed by atoms with van der Waals surface area (Å²) in [6.07, 6.45) is 0. The van der Waals surface area contributed by atoms with Crippen LogP contribution in [0.15, 0.2) is 77.7 Å². The van der Waals surface area contributed by atoms with Crippen LogP contribution < -0.4 is 9.08 Å². The van der Waals surface area contributed by atoms with E-state index in [0.29, 0.717) is 22.9 Å². The molecule has 1 aliphatic rings. The van der Waals surface area contributed by atoms with E-state index in [2.05, 4.69) is 0 Å². The lowest BCUT2D eigenvalue weighted by molar-refractivity contribution is 0.0994. The average molecular weight is 403 g/mol. The number of nitrogens with zero attached hydrogens (tertiary/aromatic N) is 1. The molecule has 1 heterocycles. The molecule has 0 atom stereocenters. The van der Waals surface area contributed by atoms with Gasteiger partial charge < -0.3 is 9.08 Å². The van der Waals surface area contributed by atoms with Crippen molar-refractivity contribution < 1.29 is 17.4 Å². The quantitative estimate of drug-likeness (QED) is 0.462. The summed E-state index contributed by atoms with van der Waals surface area (Å²) in [5.74, 6) is 0.135. The van der Waals surface area contributed by atoms with Gasteiger partial charge in [-0.15, -0.1) is 0 Å². The fourth-order valence-corrected chi connectivity index (χ4v) is 5.06. The first kappa shape index (κ1) is 17.7. The monoisotopic (exact) mass is 403 g/mol. The zero-order valence-electron chi connectivity index (χ0n) is 15.6. The largest absolute Gasteiger partial charge is 0.379 e. The molecule has 0 N–H and O–H groups in total. The van der Waals surface area contributed by atoms with Crippen molar-refractivity contribution in [2.45, 2.75) is 11.8 Å². The number of carbonyl (C=O) groups excluding carboxylic acids is 1. The molecule has 0 aliphatic carbocycles. The third kappa shape index (κ3) is 2.68. The van der Waals surface area contributed by atoms with Crippen LogP contribution in [0.4, 0.5) is 5.69 Å². The fourth-order valence-electron chi connectivity index (χ4n) is 3.94. The van der Waals surface area contributed by atoms with E-state index in [4.69, 9.17) is 4.18 Å². The molecule has 0 saturated heterocycles. The topological polar surface area (TPSA) is 63.7 Å². The third-order valence-corrected chi connectivity index (χ3v) is 6.56. The number of fused-ring (bicyclic) bond motifs is 1. The van der Waals surface area contributed by atoms with Gasteiger partial charge in [-0.05, 0) is 48.0 Å². The molecule has 1 amide bonds. The Morgan fingerprint density at radius 1 is 0.897 bits per heavy atom. The van der Waals surface area contributed by atoms with Gasteiger partial charge >= 0.3 is 10.1 Å². The summed E-state index contributed by atoms with van der Waals surface area (Å²) in [6.45, 7) is 2.41. The Bertz CT molecular complexity index is 1410. The Morgan fingerprint density at radius 3 is 2.48 bits per heavy atom. The highest BCUT2D eigenvalue weighted by Crippen LogP contribution is 2.40. The standard InChI is InChI=1S/C23H17NO4S/c1-2-24-20-12-13-21(18-8-5-9-19(22(18)20)23(24)25)29(26,27)28-17-11-10-15-6-3-4-7-16(15)14-17/h3-14H,2H2,1H3. The lowest BCUT2D eigenvalue weighted by Crippen LogP contribution is -2.25. The van der Waals surface area contributed by atoms with E-state index in [1.165, 1.54) is 6.07 Å². The summed E-state index contributed by atoms with van der Waals surface area (Å²) in [5, 5.41) is 3.04. The first-order chi connectivity index (χ1) is 14.0. The van der Waals surface area contributed by atoms with Crippen molar-refractivity contribution in [1.82, 2.24) is 0 Å². The van der Waals surface area contributed by atoms with Gasteiger partial charge in [0.15, 0.2) is 0 Å². The molecule has 0 radical (unpaired) electrons. The Labute approximate surface area is 168 Å². The second-order valence-electron chi connectivity index (χ2n) is 6.91. The molecule has 0 bridgehead atoms. The van der Waals surface area contributed by atoms with Gasteiger partial charge in [-0.25, -0.2) is 0 Å². The molecule has 0 spiro atoms. The number of amides is 1. The van der Waals surface area contributed by atoms with Crippen molar-refractivity contribution in [3.8, 4) is 5.75 Å². The summed E-state index contributed by atoms with van der Waals surface area (Å²) >= 11 is 0. The summed E-state index contributed by atoms with van der Waals surface area (Å²) in [6, 6.07) is 21.2. The van der Waals surface area contributed by atoms with E-state index in [9.17, 15) is 13.2 Å². The van der Waals surface area contributed by atoms with Crippen molar-refractivity contribution in [3.63, 3.8) is 0 Å². The van der Waals surface area contributed by atoms with Gasteiger partial charge in [-0.1, -0.05) is 42.5 Å². The molecule has 0 unspecified atom stereocenters. The van der Waals surface area contributed by atoms with Crippen molar-refractivity contribution in [1.29, 1.82) is 0 Å². The average Bonchev–Trinajstić information content (AvgIpc) is 3.00. The van der Waals surface area contributed by atoms with Gasteiger partial charge in [0.1, 0.15) is 10.6 Å². The Kier molecular flexibility index (Phi) is 3.86. The minimum Gasteiger partial charge on any atom is -0.379 e. The summed E-state index contributed by atoms with van der Waals surface area (Å²) in [7, 11) is -4.09. The van der Waals surface area contributed by atoms with E-state index in [1.54, 1.807) is 41.3 Å². The number of hydrogen-bond donors (Lipinski definition) is 0. The maximum atomic E-state index is 13.1. The minimum atomic E-state index is -4.09. The zero-order valence-corrected chi connectivity index (χ0v) is 16.4. The van der Waals surface area contributed by atoms with Crippen molar-refractivity contribution in [2.24, 2.45) is 0 Å². The van der Waals surface area contributed by atoms with Crippen LogP contribution in [0.1, 0.15) is 17.3 Å². The predicted molar refractivity (Wildman–Crippen MR) is 113 cm³/mol. The van der Waals surface area contributed by atoms with Crippen LogP contribution in [-0.4, -0.2) is 20.9 Å². The second-order valence-corrected chi connectivity index (χ2v) is 8.42. The predicted octanol–water partition coefficient (Wildman–Crippen LogP) is 4.74. The highest BCUT2D eigenvalue weighted by molar-refractivity contribution is 7.87. The van der Waals surface area contributed by atoms with E-state index in [-0.39, 0.29) is 16.6 Å². The molecular weight excluding hydrogens is 386 g/mol. The van der Waals surface area contributed by atoms with Crippen molar-refractivity contribution >= 4 is 43.3 Å². The van der Waals surface area contributed by atoms with Gasteiger partial charge in [0.25, 0.3) is 5.91 Å². The van der Waals surface area contributed by atoms with Crippen LogP contribution in [0.5, 0.6) is 5.75 Å². The fraction of sp³-hybridized carbons (Fsp3) is 0.0870. The molecule has 0 saturated carbocycles. The molecule has 5 nitrogen and oxygen atoms in total. The highest BCUT2D eigenvalue weighted by atomic mass is 32.2. The molecule has 4 aromatic rings. The Balaban J connectivity index is 1.63. The molecule has 0 aromatic heterocycles. The number of hydrogen-bond acceptors (Lipinski definition) is 4. The number of rotatable bonds is 4. The first-order valence-electron chi connectivity index (χ1n) is 9.30. The van der Waals surface area contributed by atoms with Gasteiger partial charge in [0.2, 0.25) is 0 Å². The van der Waals surface area contributed by atoms with Crippen molar-refractivity contribution in [3.05, 3.63) is 78.4 Å². The maximum Gasteiger partial charge on any atom is 0.339 e. The number of carbonyl (C=O) groups is 1. The van der Waals surface area contributed by atoms with Crippen LogP contribution in [0.25, 0.3) is 21.5 Å². The second kappa shape index (κ2) is 6.32. The summed E-state index contributed by atoms with van der Waals surface area (Å²) < 4.78 is 31.7. The van der Waals surface area contributed by atoms with Gasteiger partial charge in [-0.3, -0.25) is 4.79 Å². The Morgan fingerprint density at radius 2 is 1.69 bits per heavy atom. The third-order valence-electron chi connectivity index (χ3n) is 5.26. The summed E-state index contributed by atoms with van der Waals surface area (Å²) in [5.41, 5.74) is 1.25. The highest BCUT2D eigenvalue weighted by Gasteiger charge is 2.31. The number of benzene rings is 4. The molecule has 1 aliphatic heterocycles. The van der Waals surface area contributed by atoms with Gasteiger partial charge in [0.05, 0.1) is 5.69 Å².